The van der Waals surface area contributed by atoms with Crippen LogP contribution in [0.5, 0.6) is 0 Å². The molecule has 2 unspecified atom stereocenters. The minimum absolute atomic E-state index is 0.169. The lowest BCUT2D eigenvalue weighted by Crippen LogP contribution is -2.51. The Morgan fingerprint density at radius 3 is 2.71 bits per heavy atom. The SMILES string of the molecule is O=C(O)C1C2CCC(CC2)C1Nc1nc(-c2c[nH]c3ncc(F)cc23)nn2c(C3CC3)ccc12. The number of carbonyl (C=O) groups is 1. The fourth-order valence-electron chi connectivity index (χ4n) is 6.26. The summed E-state index contributed by atoms with van der Waals surface area (Å²) in [7, 11) is 0. The van der Waals surface area contributed by atoms with E-state index in [-0.39, 0.29) is 12.0 Å². The van der Waals surface area contributed by atoms with E-state index in [2.05, 4.69) is 21.4 Å². The van der Waals surface area contributed by atoms with Crippen molar-refractivity contribution in [2.45, 2.75) is 50.5 Å². The van der Waals surface area contributed by atoms with Gasteiger partial charge in [0.1, 0.15) is 17.0 Å². The van der Waals surface area contributed by atoms with E-state index in [1.807, 2.05) is 10.6 Å². The van der Waals surface area contributed by atoms with Gasteiger partial charge in [-0.1, -0.05) is 0 Å². The lowest BCUT2D eigenvalue weighted by molar-refractivity contribution is -0.148. The summed E-state index contributed by atoms with van der Waals surface area (Å²) < 4.78 is 15.9. The number of aromatic nitrogens is 5. The second-order valence-electron chi connectivity index (χ2n) is 10.1. The summed E-state index contributed by atoms with van der Waals surface area (Å²) in [4.78, 5) is 24.3. The molecule has 0 aliphatic heterocycles. The number of H-pyrrole nitrogens is 1. The number of halogens is 1. The van der Waals surface area contributed by atoms with Crippen LogP contribution in [0, 0.1) is 23.6 Å². The van der Waals surface area contributed by atoms with Gasteiger partial charge in [0.2, 0.25) is 0 Å². The molecule has 8 nitrogen and oxygen atoms in total. The van der Waals surface area contributed by atoms with Crippen molar-refractivity contribution in [1.29, 1.82) is 0 Å². The zero-order valence-corrected chi connectivity index (χ0v) is 18.5. The van der Waals surface area contributed by atoms with Gasteiger partial charge in [-0.25, -0.2) is 18.9 Å². The van der Waals surface area contributed by atoms with Gasteiger partial charge in [-0.2, -0.15) is 0 Å². The van der Waals surface area contributed by atoms with Gasteiger partial charge in [0.15, 0.2) is 11.6 Å². The van der Waals surface area contributed by atoms with Gasteiger partial charge >= 0.3 is 5.97 Å². The summed E-state index contributed by atoms with van der Waals surface area (Å²) in [5.74, 6) is 0.508. The zero-order chi connectivity index (χ0) is 23.0. The molecular formula is C25H25FN6O2. The van der Waals surface area contributed by atoms with Crippen LogP contribution in [-0.4, -0.2) is 41.7 Å². The quantitative estimate of drug-likeness (QED) is 0.402. The molecule has 0 amide bonds. The summed E-state index contributed by atoms with van der Waals surface area (Å²) >= 11 is 0. The molecular weight excluding hydrogens is 435 g/mol. The molecule has 4 fully saturated rings. The van der Waals surface area contributed by atoms with Crippen molar-refractivity contribution in [2.75, 3.05) is 5.32 Å². The molecule has 174 valence electrons. The van der Waals surface area contributed by atoms with E-state index in [1.165, 1.54) is 12.3 Å². The Morgan fingerprint density at radius 2 is 1.94 bits per heavy atom. The van der Waals surface area contributed by atoms with Crippen LogP contribution in [0.15, 0.2) is 30.6 Å². The number of pyridine rings is 1. The molecule has 4 aromatic heterocycles. The van der Waals surface area contributed by atoms with Crippen molar-refractivity contribution < 1.29 is 14.3 Å². The number of anilines is 1. The third-order valence-electron chi connectivity index (χ3n) is 8.08. The van der Waals surface area contributed by atoms with Crippen molar-refractivity contribution in [3.05, 3.63) is 42.1 Å². The highest BCUT2D eigenvalue weighted by Crippen LogP contribution is 2.47. The van der Waals surface area contributed by atoms with Gasteiger partial charge in [0, 0.05) is 34.8 Å². The number of fused-ring (bicyclic) bond motifs is 5. The smallest absolute Gasteiger partial charge is 0.308 e. The van der Waals surface area contributed by atoms with Gasteiger partial charge < -0.3 is 15.4 Å². The van der Waals surface area contributed by atoms with Crippen LogP contribution in [0.4, 0.5) is 10.2 Å². The fourth-order valence-corrected chi connectivity index (χ4v) is 6.26. The standard InChI is InChI=1S/C25H25FN6O2/c26-15-9-16-17(11-28-22(16)27-10-15)23-30-24(19-8-7-18(12-1-2-12)32(19)31-23)29-21-14-5-3-13(4-6-14)20(21)25(33)34/h7-14,20-21H,1-6H2,(H,27,28)(H,33,34)(H,29,30,31). The maximum Gasteiger partial charge on any atom is 0.308 e. The lowest BCUT2D eigenvalue weighted by atomic mass is 9.61. The van der Waals surface area contributed by atoms with Gasteiger partial charge in [-0.3, -0.25) is 4.79 Å². The maximum atomic E-state index is 14.0. The van der Waals surface area contributed by atoms with Crippen LogP contribution in [0.2, 0.25) is 0 Å². The van der Waals surface area contributed by atoms with Crippen LogP contribution < -0.4 is 5.32 Å². The summed E-state index contributed by atoms with van der Waals surface area (Å²) in [5, 5.41) is 19.1. The van der Waals surface area contributed by atoms with Gasteiger partial charge in [0.05, 0.1) is 12.1 Å². The largest absolute Gasteiger partial charge is 0.481 e. The topological polar surface area (TPSA) is 108 Å². The highest BCUT2D eigenvalue weighted by molar-refractivity contribution is 5.92. The van der Waals surface area contributed by atoms with Gasteiger partial charge in [-0.15, -0.1) is 5.10 Å². The minimum Gasteiger partial charge on any atom is -0.481 e. The molecule has 2 bridgehead atoms. The van der Waals surface area contributed by atoms with Crippen molar-refractivity contribution in [3.63, 3.8) is 0 Å². The Labute approximate surface area is 194 Å². The Balaban J connectivity index is 1.38. The zero-order valence-electron chi connectivity index (χ0n) is 18.5. The molecule has 2 atom stereocenters. The van der Waals surface area contributed by atoms with Gasteiger partial charge in [0.25, 0.3) is 0 Å². The first kappa shape index (κ1) is 19.9. The second kappa shape index (κ2) is 7.25. The second-order valence-corrected chi connectivity index (χ2v) is 10.1. The molecule has 0 saturated heterocycles. The molecule has 4 aliphatic rings. The third kappa shape index (κ3) is 3.02. The molecule has 3 N–H and O–H groups in total. The Hall–Kier alpha value is -3.49. The number of rotatable bonds is 5. The van der Waals surface area contributed by atoms with Crippen molar-refractivity contribution in [2.24, 2.45) is 17.8 Å². The van der Waals surface area contributed by atoms with Crippen LogP contribution in [-0.2, 0) is 4.79 Å². The van der Waals surface area contributed by atoms with E-state index in [1.54, 1.807) is 6.20 Å². The van der Waals surface area contributed by atoms with Crippen molar-refractivity contribution >= 4 is 28.3 Å². The van der Waals surface area contributed by atoms with Crippen molar-refractivity contribution in [1.82, 2.24) is 24.6 Å². The molecule has 4 saturated carbocycles. The minimum atomic E-state index is -0.732. The summed E-state index contributed by atoms with van der Waals surface area (Å²) in [6.45, 7) is 0. The Morgan fingerprint density at radius 1 is 1.15 bits per heavy atom. The summed E-state index contributed by atoms with van der Waals surface area (Å²) in [6, 6.07) is 5.38. The van der Waals surface area contributed by atoms with Crippen molar-refractivity contribution in [3.8, 4) is 11.4 Å². The number of hydrogen-bond acceptors (Lipinski definition) is 5. The predicted octanol–water partition coefficient (Wildman–Crippen LogP) is 4.59. The first-order chi connectivity index (χ1) is 16.6. The molecule has 9 heteroatoms. The number of carboxylic acids is 1. The predicted molar refractivity (Wildman–Crippen MR) is 124 cm³/mol. The molecule has 8 rings (SSSR count). The average Bonchev–Trinajstić information content (AvgIpc) is 3.45. The number of aromatic amines is 1. The molecule has 0 radical (unpaired) electrons. The van der Waals surface area contributed by atoms with Gasteiger partial charge in [-0.05, 0) is 68.6 Å². The van der Waals surface area contributed by atoms with Crippen LogP contribution in [0.25, 0.3) is 27.9 Å². The fraction of sp³-hybridized carbons (Fsp3) is 0.440. The molecule has 0 aromatic carbocycles. The molecule has 4 aliphatic carbocycles. The van der Waals surface area contributed by atoms with E-state index < -0.39 is 17.7 Å². The number of hydrogen-bond donors (Lipinski definition) is 3. The van der Waals surface area contributed by atoms with Crippen LogP contribution in [0.3, 0.4) is 0 Å². The van der Waals surface area contributed by atoms with E-state index in [4.69, 9.17) is 10.1 Å². The van der Waals surface area contributed by atoms with E-state index in [9.17, 15) is 14.3 Å². The number of nitrogens with zero attached hydrogens (tertiary/aromatic N) is 4. The molecule has 4 heterocycles. The van der Waals surface area contributed by atoms with E-state index in [0.29, 0.717) is 40.1 Å². The molecule has 34 heavy (non-hydrogen) atoms. The molecule has 0 spiro atoms. The lowest BCUT2D eigenvalue weighted by Gasteiger charge is -2.47. The highest BCUT2D eigenvalue weighted by atomic mass is 19.1. The number of aliphatic carboxylic acids is 1. The summed E-state index contributed by atoms with van der Waals surface area (Å²) in [5.41, 5.74) is 3.22. The molecule has 4 aromatic rings. The van der Waals surface area contributed by atoms with E-state index in [0.717, 1.165) is 49.7 Å². The Kier molecular flexibility index (Phi) is 4.25. The summed E-state index contributed by atoms with van der Waals surface area (Å²) in [6.07, 6.45) is 9.24. The number of nitrogens with one attached hydrogen (secondary N) is 2. The first-order valence-corrected chi connectivity index (χ1v) is 12.1. The van der Waals surface area contributed by atoms with Crippen LogP contribution in [0.1, 0.15) is 50.1 Å². The maximum absolute atomic E-state index is 14.0. The van der Waals surface area contributed by atoms with Crippen LogP contribution >= 0.6 is 0 Å². The average molecular weight is 461 g/mol. The highest BCUT2D eigenvalue weighted by Gasteiger charge is 2.47. The van der Waals surface area contributed by atoms with E-state index >= 15 is 0 Å². The third-order valence-corrected chi connectivity index (χ3v) is 8.08. The number of carboxylic acid groups (broad SMARTS) is 1. The normalized spacial score (nSPS) is 26.4. The monoisotopic (exact) mass is 460 g/mol. The Bertz CT molecular complexity index is 1430. The first-order valence-electron chi connectivity index (χ1n) is 12.1.